The SMILES string of the molecule is CCn1cncc1CCCCCc1c(C)cccc1C. The van der Waals surface area contributed by atoms with Crippen LogP contribution in [0.2, 0.25) is 0 Å². The van der Waals surface area contributed by atoms with Crippen LogP contribution in [0.1, 0.15) is 48.6 Å². The molecule has 0 saturated carbocycles. The fraction of sp³-hybridized carbons (Fsp3) is 0.500. The van der Waals surface area contributed by atoms with Crippen molar-refractivity contribution in [3.05, 3.63) is 53.1 Å². The molecule has 108 valence electrons. The summed E-state index contributed by atoms with van der Waals surface area (Å²) >= 11 is 0. The van der Waals surface area contributed by atoms with Gasteiger partial charge < -0.3 is 4.57 Å². The van der Waals surface area contributed by atoms with Gasteiger partial charge in [0.25, 0.3) is 0 Å². The predicted octanol–water partition coefficient (Wildman–Crippen LogP) is 4.48. The molecule has 0 fully saturated rings. The Balaban J connectivity index is 1.74. The molecule has 0 N–H and O–H groups in total. The standard InChI is InChI=1S/C18H26N2/c1-4-20-14-19-13-17(20)11-6-5-7-12-18-15(2)9-8-10-16(18)3/h8-10,13-14H,4-7,11-12H2,1-3H3. The van der Waals surface area contributed by atoms with Crippen molar-refractivity contribution in [1.82, 2.24) is 9.55 Å². The summed E-state index contributed by atoms with van der Waals surface area (Å²) in [5.41, 5.74) is 5.80. The molecule has 2 heteroatoms. The van der Waals surface area contributed by atoms with E-state index in [-0.39, 0.29) is 0 Å². The molecule has 1 aromatic carbocycles. The lowest BCUT2D eigenvalue weighted by Gasteiger charge is -2.09. The largest absolute Gasteiger partial charge is 0.335 e. The zero-order valence-electron chi connectivity index (χ0n) is 13.0. The van der Waals surface area contributed by atoms with Crippen molar-refractivity contribution in [2.75, 3.05) is 0 Å². The van der Waals surface area contributed by atoms with Crippen LogP contribution in [0.5, 0.6) is 0 Å². The summed E-state index contributed by atoms with van der Waals surface area (Å²) in [4.78, 5) is 4.23. The topological polar surface area (TPSA) is 17.8 Å². The van der Waals surface area contributed by atoms with Crippen molar-refractivity contribution in [2.24, 2.45) is 0 Å². The van der Waals surface area contributed by atoms with Gasteiger partial charge in [0.2, 0.25) is 0 Å². The minimum atomic E-state index is 1.03. The van der Waals surface area contributed by atoms with Crippen molar-refractivity contribution in [2.45, 2.75) is 59.4 Å². The number of rotatable bonds is 7. The molecular weight excluding hydrogens is 244 g/mol. The Morgan fingerprint density at radius 3 is 2.40 bits per heavy atom. The molecule has 0 unspecified atom stereocenters. The molecular formula is C18H26N2. The highest BCUT2D eigenvalue weighted by Crippen LogP contribution is 2.17. The first kappa shape index (κ1) is 14.8. The molecule has 0 bridgehead atoms. The van der Waals surface area contributed by atoms with Gasteiger partial charge in [-0.25, -0.2) is 4.98 Å². The number of unbranched alkanes of at least 4 members (excludes halogenated alkanes) is 2. The molecule has 2 rings (SSSR count). The molecule has 1 aromatic heterocycles. The average Bonchev–Trinajstić information content (AvgIpc) is 2.89. The van der Waals surface area contributed by atoms with E-state index in [1.54, 1.807) is 5.56 Å². The molecule has 2 aromatic rings. The van der Waals surface area contributed by atoms with Crippen LogP contribution >= 0.6 is 0 Å². The second-order valence-corrected chi connectivity index (χ2v) is 5.60. The number of hydrogen-bond donors (Lipinski definition) is 0. The van der Waals surface area contributed by atoms with Gasteiger partial charge in [0, 0.05) is 18.4 Å². The van der Waals surface area contributed by atoms with E-state index in [2.05, 4.69) is 48.5 Å². The Bertz CT molecular complexity index is 520. The van der Waals surface area contributed by atoms with Gasteiger partial charge in [0.15, 0.2) is 0 Å². The number of aromatic nitrogens is 2. The van der Waals surface area contributed by atoms with E-state index in [9.17, 15) is 0 Å². The van der Waals surface area contributed by atoms with E-state index in [0.29, 0.717) is 0 Å². The maximum Gasteiger partial charge on any atom is 0.0948 e. The summed E-state index contributed by atoms with van der Waals surface area (Å²) < 4.78 is 2.24. The normalized spacial score (nSPS) is 10.9. The zero-order valence-corrected chi connectivity index (χ0v) is 13.0. The Hall–Kier alpha value is -1.57. The van der Waals surface area contributed by atoms with Gasteiger partial charge >= 0.3 is 0 Å². The Morgan fingerprint density at radius 1 is 1.00 bits per heavy atom. The van der Waals surface area contributed by atoms with Crippen LogP contribution in [-0.4, -0.2) is 9.55 Å². The molecule has 0 saturated heterocycles. The van der Waals surface area contributed by atoms with Crippen molar-refractivity contribution < 1.29 is 0 Å². The molecule has 0 aliphatic heterocycles. The quantitative estimate of drug-likeness (QED) is 0.678. The minimum Gasteiger partial charge on any atom is -0.335 e. The smallest absolute Gasteiger partial charge is 0.0948 e. The molecule has 0 aliphatic rings. The van der Waals surface area contributed by atoms with E-state index in [1.807, 2.05) is 12.5 Å². The van der Waals surface area contributed by atoms with Crippen LogP contribution in [0.4, 0.5) is 0 Å². The van der Waals surface area contributed by atoms with Crippen LogP contribution in [0.15, 0.2) is 30.7 Å². The summed E-state index contributed by atoms with van der Waals surface area (Å²) in [5, 5.41) is 0. The van der Waals surface area contributed by atoms with Crippen molar-refractivity contribution in [1.29, 1.82) is 0 Å². The van der Waals surface area contributed by atoms with Gasteiger partial charge in [-0.15, -0.1) is 0 Å². The first-order valence-electron chi connectivity index (χ1n) is 7.76. The highest BCUT2D eigenvalue weighted by molar-refractivity contribution is 5.33. The average molecular weight is 270 g/mol. The summed E-state index contributed by atoms with van der Waals surface area (Å²) in [5.74, 6) is 0. The number of nitrogens with zero attached hydrogens (tertiary/aromatic N) is 2. The van der Waals surface area contributed by atoms with Crippen molar-refractivity contribution >= 4 is 0 Å². The van der Waals surface area contributed by atoms with E-state index in [1.165, 1.54) is 42.5 Å². The number of benzene rings is 1. The lowest BCUT2D eigenvalue weighted by molar-refractivity contribution is 0.637. The third-order valence-corrected chi connectivity index (χ3v) is 4.14. The Labute approximate surface area is 122 Å². The fourth-order valence-corrected chi connectivity index (χ4v) is 2.87. The van der Waals surface area contributed by atoms with Crippen molar-refractivity contribution in [3.8, 4) is 0 Å². The number of aryl methyl sites for hydroxylation is 4. The summed E-state index contributed by atoms with van der Waals surface area (Å²) in [7, 11) is 0. The maximum absolute atomic E-state index is 4.23. The Kier molecular flexibility index (Phi) is 5.40. The molecule has 0 aliphatic carbocycles. The summed E-state index contributed by atoms with van der Waals surface area (Å²) in [6, 6.07) is 6.60. The summed E-state index contributed by atoms with van der Waals surface area (Å²) in [6.45, 7) is 7.65. The lowest BCUT2D eigenvalue weighted by Crippen LogP contribution is -1.99. The molecule has 0 atom stereocenters. The zero-order chi connectivity index (χ0) is 14.4. The van der Waals surface area contributed by atoms with E-state index >= 15 is 0 Å². The third-order valence-electron chi connectivity index (χ3n) is 4.14. The molecule has 0 amide bonds. The van der Waals surface area contributed by atoms with Gasteiger partial charge in [0.1, 0.15) is 0 Å². The Morgan fingerprint density at radius 2 is 1.70 bits per heavy atom. The second-order valence-electron chi connectivity index (χ2n) is 5.60. The van der Waals surface area contributed by atoms with Crippen LogP contribution in [0.25, 0.3) is 0 Å². The van der Waals surface area contributed by atoms with Gasteiger partial charge in [-0.05, 0) is 63.1 Å². The van der Waals surface area contributed by atoms with Crippen LogP contribution in [0.3, 0.4) is 0 Å². The molecule has 1 heterocycles. The van der Waals surface area contributed by atoms with Crippen LogP contribution in [0, 0.1) is 13.8 Å². The minimum absolute atomic E-state index is 1.03. The molecule has 20 heavy (non-hydrogen) atoms. The number of hydrogen-bond acceptors (Lipinski definition) is 1. The molecule has 0 radical (unpaired) electrons. The lowest BCUT2D eigenvalue weighted by atomic mass is 9.97. The van der Waals surface area contributed by atoms with E-state index in [0.717, 1.165) is 13.0 Å². The fourth-order valence-electron chi connectivity index (χ4n) is 2.87. The second kappa shape index (κ2) is 7.28. The van der Waals surface area contributed by atoms with Gasteiger partial charge in [0.05, 0.1) is 6.33 Å². The van der Waals surface area contributed by atoms with Crippen molar-refractivity contribution in [3.63, 3.8) is 0 Å². The number of imidazole rings is 1. The van der Waals surface area contributed by atoms with Gasteiger partial charge in [-0.2, -0.15) is 0 Å². The third kappa shape index (κ3) is 3.72. The van der Waals surface area contributed by atoms with Gasteiger partial charge in [-0.1, -0.05) is 24.6 Å². The highest BCUT2D eigenvalue weighted by Gasteiger charge is 2.03. The van der Waals surface area contributed by atoms with E-state index < -0.39 is 0 Å². The summed E-state index contributed by atoms with van der Waals surface area (Å²) in [6.07, 6.45) is 10.2. The van der Waals surface area contributed by atoms with Crippen LogP contribution in [-0.2, 0) is 19.4 Å². The first-order valence-corrected chi connectivity index (χ1v) is 7.76. The highest BCUT2D eigenvalue weighted by atomic mass is 15.0. The molecule has 0 spiro atoms. The van der Waals surface area contributed by atoms with Crippen LogP contribution < -0.4 is 0 Å². The van der Waals surface area contributed by atoms with Gasteiger partial charge in [-0.3, -0.25) is 0 Å². The maximum atomic E-state index is 4.23. The predicted molar refractivity (Wildman–Crippen MR) is 85.1 cm³/mol. The first-order chi connectivity index (χ1) is 9.72. The molecule has 2 nitrogen and oxygen atoms in total. The van der Waals surface area contributed by atoms with E-state index in [4.69, 9.17) is 0 Å². The monoisotopic (exact) mass is 270 g/mol.